The molecule has 0 spiro atoms. The quantitative estimate of drug-likeness (QED) is 0.554. The second-order valence-electron chi connectivity index (χ2n) is 5.67. The van der Waals surface area contributed by atoms with Crippen molar-refractivity contribution in [1.29, 1.82) is 0 Å². The van der Waals surface area contributed by atoms with Gasteiger partial charge in [-0.15, -0.1) is 0 Å². The Balaban J connectivity index is 1.65. The maximum atomic E-state index is 12.5. The Bertz CT molecular complexity index is 1010. The molecule has 0 fully saturated rings. The number of hydrogen-bond donors (Lipinski definition) is 0. The first-order valence-corrected chi connectivity index (χ1v) is 8.51. The molecular weight excluding hydrogens is 373 g/mol. The maximum Gasteiger partial charge on any atom is 0.266 e. The largest absolute Gasteiger partial charge is 0.456 e. The third-order valence-electron chi connectivity index (χ3n) is 3.99. The van der Waals surface area contributed by atoms with E-state index in [1.165, 1.54) is 6.07 Å². The number of anilines is 1. The van der Waals surface area contributed by atoms with Crippen LogP contribution in [-0.2, 0) is 0 Å². The lowest BCUT2D eigenvalue weighted by molar-refractivity contribution is 0.0926. The first kappa shape index (κ1) is 16.6. The van der Waals surface area contributed by atoms with Gasteiger partial charge < -0.3 is 4.74 Å². The normalized spacial score (nSPS) is 13.1. The molecule has 6 heteroatoms. The van der Waals surface area contributed by atoms with Crippen LogP contribution >= 0.6 is 23.2 Å². The fraction of sp³-hybridized carbons (Fsp3) is 0. The molecule has 0 N–H and O–H groups in total. The molecule has 2 amide bonds. The Morgan fingerprint density at radius 3 is 2.08 bits per heavy atom. The molecule has 1 aliphatic heterocycles. The van der Waals surface area contributed by atoms with Crippen molar-refractivity contribution in [3.63, 3.8) is 0 Å². The number of carbonyl (C=O) groups is 2. The molecule has 26 heavy (non-hydrogen) atoms. The van der Waals surface area contributed by atoms with Gasteiger partial charge >= 0.3 is 0 Å². The van der Waals surface area contributed by atoms with E-state index in [1.54, 1.807) is 60.7 Å². The third-order valence-corrected chi connectivity index (χ3v) is 4.52. The number of rotatable bonds is 3. The number of ether oxygens (including phenoxy) is 1. The summed E-state index contributed by atoms with van der Waals surface area (Å²) in [5.41, 5.74) is 1.15. The lowest BCUT2D eigenvalue weighted by Gasteiger charge is -2.16. The number of nitrogens with zero attached hydrogens (tertiary/aromatic N) is 1. The lowest BCUT2D eigenvalue weighted by atomic mass is 10.1. The molecule has 0 radical (unpaired) electrons. The second-order valence-corrected chi connectivity index (χ2v) is 6.51. The summed E-state index contributed by atoms with van der Waals surface area (Å²) in [6.45, 7) is 0. The summed E-state index contributed by atoms with van der Waals surface area (Å²) in [5.74, 6) is 0.192. The predicted octanol–water partition coefficient (Wildman–Crippen LogP) is 5.59. The first-order chi connectivity index (χ1) is 12.5. The monoisotopic (exact) mass is 383 g/mol. The minimum Gasteiger partial charge on any atom is -0.456 e. The Morgan fingerprint density at radius 2 is 1.46 bits per heavy atom. The second kappa shape index (κ2) is 6.48. The summed E-state index contributed by atoms with van der Waals surface area (Å²) in [4.78, 5) is 26.2. The summed E-state index contributed by atoms with van der Waals surface area (Å²) in [6, 6.07) is 18.4. The zero-order valence-corrected chi connectivity index (χ0v) is 14.8. The van der Waals surface area contributed by atoms with Crippen LogP contribution in [-0.4, -0.2) is 11.8 Å². The third kappa shape index (κ3) is 2.83. The number of halogens is 2. The first-order valence-electron chi connectivity index (χ1n) is 7.75. The van der Waals surface area contributed by atoms with Gasteiger partial charge in [-0.3, -0.25) is 9.59 Å². The lowest BCUT2D eigenvalue weighted by Crippen LogP contribution is -2.29. The van der Waals surface area contributed by atoms with Gasteiger partial charge in [-0.1, -0.05) is 41.4 Å². The van der Waals surface area contributed by atoms with E-state index in [1.807, 2.05) is 0 Å². The minimum atomic E-state index is -0.370. The molecule has 0 saturated heterocycles. The molecular formula is C20H11Cl2NO3. The SMILES string of the molecule is O=C1c2ccccc2C(=O)N1c1ccc(Oc2cccc(Cl)c2)c(Cl)c1. The Hall–Kier alpha value is -2.82. The van der Waals surface area contributed by atoms with Crippen LogP contribution in [0.2, 0.25) is 10.0 Å². The molecule has 0 bridgehead atoms. The van der Waals surface area contributed by atoms with E-state index in [2.05, 4.69) is 0 Å². The smallest absolute Gasteiger partial charge is 0.266 e. The van der Waals surface area contributed by atoms with Gasteiger partial charge in [-0.05, 0) is 48.5 Å². The van der Waals surface area contributed by atoms with Gasteiger partial charge in [0.15, 0.2) is 0 Å². The molecule has 3 aromatic rings. The van der Waals surface area contributed by atoms with Gasteiger partial charge in [0, 0.05) is 5.02 Å². The molecule has 0 aromatic heterocycles. The van der Waals surface area contributed by atoms with E-state index in [0.717, 1.165) is 4.90 Å². The van der Waals surface area contributed by atoms with E-state index in [0.29, 0.717) is 33.3 Å². The fourth-order valence-corrected chi connectivity index (χ4v) is 3.19. The molecule has 3 aromatic carbocycles. The van der Waals surface area contributed by atoms with Crippen LogP contribution < -0.4 is 9.64 Å². The van der Waals surface area contributed by atoms with Crippen molar-refractivity contribution in [3.05, 3.63) is 87.9 Å². The van der Waals surface area contributed by atoms with Crippen molar-refractivity contribution in [2.75, 3.05) is 4.90 Å². The van der Waals surface area contributed by atoms with Crippen molar-refractivity contribution in [2.24, 2.45) is 0 Å². The number of carbonyl (C=O) groups excluding carboxylic acids is 2. The van der Waals surface area contributed by atoms with Gasteiger partial charge in [0.2, 0.25) is 0 Å². The van der Waals surface area contributed by atoms with Crippen LogP contribution in [0.15, 0.2) is 66.7 Å². The average Bonchev–Trinajstić information content (AvgIpc) is 2.88. The number of benzene rings is 3. The highest BCUT2D eigenvalue weighted by atomic mass is 35.5. The molecule has 0 atom stereocenters. The molecule has 1 heterocycles. The zero-order valence-electron chi connectivity index (χ0n) is 13.3. The van der Waals surface area contributed by atoms with Crippen LogP contribution in [0.1, 0.15) is 20.7 Å². The van der Waals surface area contributed by atoms with Crippen LogP contribution in [0.4, 0.5) is 5.69 Å². The highest BCUT2D eigenvalue weighted by Crippen LogP contribution is 2.36. The molecule has 0 saturated carbocycles. The van der Waals surface area contributed by atoms with E-state index < -0.39 is 0 Å². The van der Waals surface area contributed by atoms with Crippen molar-refractivity contribution < 1.29 is 14.3 Å². The van der Waals surface area contributed by atoms with E-state index in [9.17, 15) is 9.59 Å². The van der Waals surface area contributed by atoms with Gasteiger partial charge in [0.1, 0.15) is 11.5 Å². The summed E-state index contributed by atoms with van der Waals surface area (Å²) in [6.07, 6.45) is 0. The van der Waals surface area contributed by atoms with Crippen LogP contribution in [0.3, 0.4) is 0 Å². The van der Waals surface area contributed by atoms with E-state index >= 15 is 0 Å². The van der Waals surface area contributed by atoms with Crippen LogP contribution in [0.5, 0.6) is 11.5 Å². The summed E-state index contributed by atoms with van der Waals surface area (Å²) >= 11 is 12.2. The molecule has 1 aliphatic rings. The highest BCUT2D eigenvalue weighted by Gasteiger charge is 2.36. The Labute approximate surface area is 159 Å². The number of amides is 2. The van der Waals surface area contributed by atoms with Gasteiger partial charge in [-0.2, -0.15) is 0 Å². The summed E-state index contributed by atoms with van der Waals surface area (Å²) in [7, 11) is 0. The Morgan fingerprint density at radius 1 is 0.769 bits per heavy atom. The molecule has 4 nitrogen and oxygen atoms in total. The molecule has 0 unspecified atom stereocenters. The molecule has 0 aliphatic carbocycles. The number of imide groups is 1. The Kier molecular flexibility index (Phi) is 4.15. The minimum absolute atomic E-state index is 0.277. The van der Waals surface area contributed by atoms with Crippen molar-refractivity contribution in [3.8, 4) is 11.5 Å². The van der Waals surface area contributed by atoms with Crippen molar-refractivity contribution >= 4 is 40.7 Å². The van der Waals surface area contributed by atoms with Crippen LogP contribution in [0.25, 0.3) is 0 Å². The van der Waals surface area contributed by atoms with Gasteiger partial charge in [-0.25, -0.2) is 4.90 Å². The van der Waals surface area contributed by atoms with Gasteiger partial charge in [0.05, 0.1) is 21.8 Å². The number of fused-ring (bicyclic) bond motifs is 1. The molecule has 128 valence electrons. The predicted molar refractivity (Wildman–Crippen MR) is 101 cm³/mol. The van der Waals surface area contributed by atoms with E-state index in [4.69, 9.17) is 27.9 Å². The fourth-order valence-electron chi connectivity index (χ4n) is 2.79. The van der Waals surface area contributed by atoms with E-state index in [-0.39, 0.29) is 16.8 Å². The highest BCUT2D eigenvalue weighted by molar-refractivity contribution is 6.36. The van der Waals surface area contributed by atoms with Gasteiger partial charge in [0.25, 0.3) is 11.8 Å². The zero-order chi connectivity index (χ0) is 18.3. The van der Waals surface area contributed by atoms with Crippen molar-refractivity contribution in [2.45, 2.75) is 0 Å². The number of hydrogen-bond acceptors (Lipinski definition) is 3. The topological polar surface area (TPSA) is 46.6 Å². The standard InChI is InChI=1S/C20H11Cl2NO3/c21-12-4-3-5-14(10-12)26-18-9-8-13(11-17(18)22)23-19(24)15-6-1-2-7-16(15)20(23)25/h1-11H. The van der Waals surface area contributed by atoms with Crippen molar-refractivity contribution in [1.82, 2.24) is 0 Å². The maximum absolute atomic E-state index is 12.5. The molecule has 4 rings (SSSR count). The van der Waals surface area contributed by atoms with Crippen LogP contribution in [0, 0.1) is 0 Å². The average molecular weight is 384 g/mol. The summed E-state index contributed by atoms with van der Waals surface area (Å²) < 4.78 is 5.72. The summed E-state index contributed by atoms with van der Waals surface area (Å²) in [5, 5.41) is 0.820.